The molecule has 0 saturated heterocycles. The van der Waals surface area contributed by atoms with Crippen molar-refractivity contribution < 1.29 is 9.53 Å². The fourth-order valence-electron chi connectivity index (χ4n) is 3.83. The summed E-state index contributed by atoms with van der Waals surface area (Å²) in [6.45, 7) is 8.44. The van der Waals surface area contributed by atoms with Gasteiger partial charge in [-0.3, -0.25) is 14.4 Å². The molecule has 156 valence electrons. The SMILES string of the molecule is COC(=O)CC1N=C(c2ccc(Cl)cc2)c2c(sc(C(C)C)c2C)-n2c(C)nnc21. The Hall–Kier alpha value is -2.51. The number of methoxy groups -OCH3 is 1. The Balaban J connectivity index is 2.03. The van der Waals surface area contributed by atoms with Gasteiger partial charge < -0.3 is 4.74 Å². The van der Waals surface area contributed by atoms with Gasteiger partial charge in [-0.25, -0.2) is 0 Å². The van der Waals surface area contributed by atoms with Crippen LogP contribution >= 0.6 is 22.9 Å². The number of carbonyl (C=O) groups excluding carboxylic acids is 1. The molecule has 0 N–H and O–H groups in total. The largest absolute Gasteiger partial charge is 0.469 e. The van der Waals surface area contributed by atoms with Crippen molar-refractivity contribution >= 4 is 34.6 Å². The van der Waals surface area contributed by atoms with Crippen molar-refractivity contribution in [1.82, 2.24) is 14.8 Å². The van der Waals surface area contributed by atoms with Crippen LogP contribution in [0.1, 0.15) is 65.4 Å². The number of aliphatic imine (C=N–C) groups is 1. The van der Waals surface area contributed by atoms with Gasteiger partial charge in [0.1, 0.15) is 16.9 Å². The molecule has 3 heterocycles. The summed E-state index contributed by atoms with van der Waals surface area (Å²) in [5.41, 5.74) is 4.03. The third-order valence-corrected chi connectivity index (χ3v) is 7.10. The summed E-state index contributed by atoms with van der Waals surface area (Å²) < 4.78 is 6.97. The Morgan fingerprint density at radius 3 is 2.57 bits per heavy atom. The molecule has 8 heteroatoms. The van der Waals surface area contributed by atoms with Crippen LogP contribution in [0.15, 0.2) is 29.3 Å². The molecule has 0 amide bonds. The normalized spacial score (nSPS) is 15.4. The summed E-state index contributed by atoms with van der Waals surface area (Å²) in [4.78, 5) is 18.5. The second-order valence-corrected chi connectivity index (χ2v) is 9.11. The molecular weight excluding hydrogens is 420 g/mol. The van der Waals surface area contributed by atoms with Crippen molar-refractivity contribution in [2.75, 3.05) is 7.11 Å². The first-order valence-electron chi connectivity index (χ1n) is 9.78. The summed E-state index contributed by atoms with van der Waals surface area (Å²) in [6.07, 6.45) is 0.0940. The lowest BCUT2D eigenvalue weighted by molar-refractivity contribution is -0.141. The molecule has 6 nitrogen and oxygen atoms in total. The van der Waals surface area contributed by atoms with Crippen LogP contribution in [-0.2, 0) is 9.53 Å². The summed E-state index contributed by atoms with van der Waals surface area (Å²) in [5.74, 6) is 1.46. The molecule has 4 rings (SSSR count). The molecule has 0 spiro atoms. The van der Waals surface area contributed by atoms with E-state index in [4.69, 9.17) is 21.3 Å². The Morgan fingerprint density at radius 2 is 1.93 bits per heavy atom. The van der Waals surface area contributed by atoms with Crippen LogP contribution in [0.5, 0.6) is 0 Å². The van der Waals surface area contributed by atoms with Crippen molar-refractivity contribution in [3.63, 3.8) is 0 Å². The highest BCUT2D eigenvalue weighted by Gasteiger charge is 2.33. The Labute approximate surface area is 184 Å². The summed E-state index contributed by atoms with van der Waals surface area (Å²) in [6, 6.07) is 7.15. The van der Waals surface area contributed by atoms with E-state index in [1.54, 1.807) is 11.3 Å². The number of nitrogens with zero attached hydrogens (tertiary/aromatic N) is 4. The molecule has 1 aliphatic heterocycles. The molecule has 1 unspecified atom stereocenters. The molecule has 2 aromatic heterocycles. The Bertz CT molecular complexity index is 1140. The average molecular weight is 443 g/mol. The van der Waals surface area contributed by atoms with Crippen LogP contribution in [0.3, 0.4) is 0 Å². The maximum Gasteiger partial charge on any atom is 0.308 e. The number of rotatable bonds is 4. The number of esters is 1. The van der Waals surface area contributed by atoms with Crippen molar-refractivity contribution in [3.05, 3.63) is 62.5 Å². The van der Waals surface area contributed by atoms with Gasteiger partial charge in [0, 0.05) is 21.0 Å². The fourth-order valence-corrected chi connectivity index (χ4v) is 5.32. The summed E-state index contributed by atoms with van der Waals surface area (Å²) >= 11 is 7.86. The first kappa shape index (κ1) is 20.8. The topological polar surface area (TPSA) is 69.4 Å². The average Bonchev–Trinajstić information content (AvgIpc) is 3.21. The van der Waals surface area contributed by atoms with Gasteiger partial charge in [0.25, 0.3) is 0 Å². The maximum atomic E-state index is 12.2. The zero-order chi connectivity index (χ0) is 21.6. The maximum absolute atomic E-state index is 12.2. The zero-order valence-electron chi connectivity index (χ0n) is 17.6. The molecule has 0 radical (unpaired) electrons. The van der Waals surface area contributed by atoms with Gasteiger partial charge in [-0.15, -0.1) is 21.5 Å². The minimum atomic E-state index is -0.495. The minimum Gasteiger partial charge on any atom is -0.469 e. The van der Waals surface area contributed by atoms with Crippen LogP contribution < -0.4 is 0 Å². The van der Waals surface area contributed by atoms with Gasteiger partial charge >= 0.3 is 5.97 Å². The lowest BCUT2D eigenvalue weighted by atomic mass is 9.97. The fraction of sp³-hybridized carbons (Fsp3) is 0.364. The number of aryl methyl sites for hydroxylation is 1. The Morgan fingerprint density at radius 1 is 1.23 bits per heavy atom. The van der Waals surface area contributed by atoms with E-state index in [1.807, 2.05) is 35.8 Å². The van der Waals surface area contributed by atoms with Gasteiger partial charge in [-0.1, -0.05) is 37.6 Å². The van der Waals surface area contributed by atoms with E-state index in [-0.39, 0.29) is 12.4 Å². The monoisotopic (exact) mass is 442 g/mol. The number of aromatic nitrogens is 3. The molecule has 0 aliphatic carbocycles. The first-order chi connectivity index (χ1) is 14.3. The molecule has 1 aromatic carbocycles. The Kier molecular flexibility index (Phi) is 5.51. The standard InChI is InChI=1S/C22H23ClN4O2S/c1-11(2)20-12(3)18-19(14-6-8-15(23)9-7-14)24-16(10-17(28)29-5)21-26-25-13(4)27(21)22(18)30-20/h6-9,11,16H,10H2,1-5H3. The number of benzene rings is 1. The van der Waals surface area contributed by atoms with Crippen molar-refractivity contribution in [1.29, 1.82) is 0 Å². The van der Waals surface area contributed by atoms with Crippen molar-refractivity contribution in [2.24, 2.45) is 4.99 Å². The number of carbonyl (C=O) groups is 1. The lowest BCUT2D eigenvalue weighted by Gasteiger charge is -2.12. The molecule has 1 atom stereocenters. The van der Waals surface area contributed by atoms with E-state index >= 15 is 0 Å². The van der Waals surface area contributed by atoms with Crippen molar-refractivity contribution in [3.8, 4) is 5.00 Å². The van der Waals surface area contributed by atoms with Gasteiger partial charge in [0.15, 0.2) is 5.82 Å². The molecule has 0 saturated carbocycles. The number of hydrogen-bond acceptors (Lipinski definition) is 6. The van der Waals surface area contributed by atoms with Crippen LogP contribution in [0.25, 0.3) is 5.00 Å². The number of fused-ring (bicyclic) bond motifs is 3. The van der Waals surface area contributed by atoms with Gasteiger partial charge in [-0.2, -0.15) is 0 Å². The summed E-state index contributed by atoms with van der Waals surface area (Å²) in [7, 11) is 1.38. The first-order valence-corrected chi connectivity index (χ1v) is 11.0. The van der Waals surface area contributed by atoms with Gasteiger partial charge in [-0.05, 0) is 37.5 Å². The van der Waals surface area contributed by atoms with Gasteiger partial charge in [0.2, 0.25) is 0 Å². The second kappa shape index (κ2) is 7.96. The number of hydrogen-bond donors (Lipinski definition) is 0. The van der Waals surface area contributed by atoms with Crippen LogP contribution in [-0.4, -0.2) is 33.6 Å². The van der Waals surface area contributed by atoms with E-state index in [1.165, 1.54) is 17.6 Å². The number of halogens is 1. The van der Waals surface area contributed by atoms with E-state index in [2.05, 4.69) is 31.0 Å². The quantitative estimate of drug-likeness (QED) is 0.522. The highest BCUT2D eigenvalue weighted by Crippen LogP contribution is 2.42. The third-order valence-electron chi connectivity index (χ3n) is 5.27. The summed E-state index contributed by atoms with van der Waals surface area (Å²) in [5, 5.41) is 10.4. The highest BCUT2D eigenvalue weighted by atomic mass is 35.5. The predicted molar refractivity (Wildman–Crippen MR) is 119 cm³/mol. The van der Waals surface area contributed by atoms with Crippen LogP contribution in [0, 0.1) is 13.8 Å². The van der Waals surface area contributed by atoms with E-state index in [0.717, 1.165) is 27.7 Å². The van der Waals surface area contributed by atoms with Crippen LogP contribution in [0.4, 0.5) is 0 Å². The third kappa shape index (κ3) is 3.46. The molecular formula is C22H23ClN4O2S. The van der Waals surface area contributed by atoms with Crippen LogP contribution in [0.2, 0.25) is 5.02 Å². The number of thiophene rings is 1. The predicted octanol–water partition coefficient (Wildman–Crippen LogP) is 5.18. The lowest BCUT2D eigenvalue weighted by Crippen LogP contribution is -2.12. The van der Waals surface area contributed by atoms with Gasteiger partial charge in [0.05, 0.1) is 19.2 Å². The smallest absolute Gasteiger partial charge is 0.308 e. The van der Waals surface area contributed by atoms with Crippen molar-refractivity contribution in [2.45, 2.75) is 46.1 Å². The molecule has 30 heavy (non-hydrogen) atoms. The number of ether oxygens (including phenoxy) is 1. The zero-order valence-corrected chi connectivity index (χ0v) is 19.1. The van der Waals surface area contributed by atoms with E-state index in [9.17, 15) is 4.79 Å². The second-order valence-electron chi connectivity index (χ2n) is 7.65. The molecule has 3 aromatic rings. The van der Waals surface area contributed by atoms with E-state index in [0.29, 0.717) is 16.8 Å². The highest BCUT2D eigenvalue weighted by molar-refractivity contribution is 7.15. The molecule has 0 bridgehead atoms. The van der Waals surface area contributed by atoms with E-state index < -0.39 is 6.04 Å². The molecule has 0 fully saturated rings. The molecule has 1 aliphatic rings. The minimum absolute atomic E-state index is 0.0940.